The summed E-state index contributed by atoms with van der Waals surface area (Å²) in [5.74, 6) is 5.85. The highest BCUT2D eigenvalue weighted by atomic mass is 16.5. The van der Waals surface area contributed by atoms with Crippen LogP contribution in [0.1, 0.15) is 22.3 Å². The zero-order chi connectivity index (χ0) is 26.5. The van der Waals surface area contributed by atoms with E-state index < -0.39 is 0 Å². The number of benzene rings is 4. The van der Waals surface area contributed by atoms with Gasteiger partial charge in [0.25, 0.3) is 0 Å². The lowest BCUT2D eigenvalue weighted by atomic mass is 10.0. The van der Waals surface area contributed by atoms with Crippen molar-refractivity contribution in [1.82, 2.24) is 0 Å². The van der Waals surface area contributed by atoms with Crippen LogP contribution in [0.5, 0.6) is 46.0 Å². The Morgan fingerprint density at radius 1 is 0.368 bits per heavy atom. The number of methoxy groups -OCH3 is 4. The summed E-state index contributed by atoms with van der Waals surface area (Å²) in [5.41, 5.74) is 4.41. The monoisotopic (exact) mass is 512 g/mol. The van der Waals surface area contributed by atoms with Gasteiger partial charge in [0.15, 0.2) is 0 Å². The number of rotatable bonds is 4. The van der Waals surface area contributed by atoms with Gasteiger partial charge in [0.1, 0.15) is 46.0 Å². The van der Waals surface area contributed by atoms with E-state index in [1.54, 1.807) is 28.4 Å². The third kappa shape index (κ3) is 6.14. The molecule has 0 fully saturated rings. The average Bonchev–Trinajstić information content (AvgIpc) is 2.94. The Kier molecular flexibility index (Phi) is 7.59. The van der Waals surface area contributed by atoms with Crippen molar-refractivity contribution in [3.63, 3.8) is 0 Å². The lowest BCUT2D eigenvalue weighted by molar-refractivity contribution is 0.401. The number of fused-ring (bicyclic) bond motifs is 8. The van der Waals surface area contributed by atoms with Crippen molar-refractivity contribution in [3.8, 4) is 46.0 Å². The minimum Gasteiger partial charge on any atom is -0.497 e. The van der Waals surface area contributed by atoms with Crippen LogP contribution in [-0.2, 0) is 25.7 Å². The van der Waals surface area contributed by atoms with Crippen molar-refractivity contribution >= 4 is 0 Å². The van der Waals surface area contributed by atoms with E-state index in [0.29, 0.717) is 23.0 Å². The predicted molar refractivity (Wildman–Crippen MR) is 147 cm³/mol. The molecule has 0 amide bonds. The van der Waals surface area contributed by atoms with E-state index in [2.05, 4.69) is 24.3 Å². The van der Waals surface area contributed by atoms with Gasteiger partial charge in [0, 0.05) is 24.3 Å². The highest BCUT2D eigenvalue weighted by Gasteiger charge is 2.12. The van der Waals surface area contributed by atoms with Gasteiger partial charge in [-0.25, -0.2) is 0 Å². The van der Waals surface area contributed by atoms with Gasteiger partial charge in [-0.15, -0.1) is 0 Å². The van der Waals surface area contributed by atoms with Crippen molar-refractivity contribution in [2.45, 2.75) is 25.7 Å². The first kappa shape index (κ1) is 25.3. The Morgan fingerprint density at radius 3 is 0.816 bits per heavy atom. The molecule has 0 aliphatic carbocycles. The molecular weight excluding hydrogens is 480 g/mol. The molecule has 0 spiro atoms. The maximum absolute atomic E-state index is 6.33. The third-order valence-corrected chi connectivity index (χ3v) is 6.58. The van der Waals surface area contributed by atoms with Gasteiger partial charge in [0.05, 0.1) is 28.4 Å². The SMILES string of the molecule is COc1cc2cc(c1)Oc1cc(cc(OC)c1)CCc1cc(OC)cc(c1)Oc1cc(cc(OC)c1)CC2. The molecule has 0 saturated carbocycles. The number of hydrogen-bond donors (Lipinski definition) is 0. The summed E-state index contributed by atoms with van der Waals surface area (Å²) in [6.07, 6.45) is 3.14. The highest BCUT2D eigenvalue weighted by Crippen LogP contribution is 2.34. The molecular formula is C32H32O6. The van der Waals surface area contributed by atoms with Gasteiger partial charge in [-0.2, -0.15) is 0 Å². The summed E-state index contributed by atoms with van der Waals surface area (Å²) < 4.78 is 35.0. The second kappa shape index (κ2) is 11.4. The molecule has 1 aliphatic rings. The molecule has 8 bridgehead atoms. The lowest BCUT2D eigenvalue weighted by Crippen LogP contribution is -1.99. The Bertz CT molecular complexity index is 1210. The quantitative estimate of drug-likeness (QED) is 0.288. The normalized spacial score (nSPS) is 12.7. The molecule has 6 heteroatoms. The fourth-order valence-corrected chi connectivity index (χ4v) is 4.66. The fourth-order valence-electron chi connectivity index (χ4n) is 4.66. The molecule has 0 radical (unpaired) electrons. The second-order valence-electron chi connectivity index (χ2n) is 9.27. The predicted octanol–water partition coefficient (Wildman–Crippen LogP) is 7.19. The molecule has 0 unspecified atom stereocenters. The zero-order valence-corrected chi connectivity index (χ0v) is 22.2. The van der Waals surface area contributed by atoms with Crippen LogP contribution in [0.25, 0.3) is 0 Å². The summed E-state index contributed by atoms with van der Waals surface area (Å²) in [6.45, 7) is 0. The molecule has 1 aliphatic heterocycles. The summed E-state index contributed by atoms with van der Waals surface area (Å²) in [4.78, 5) is 0. The van der Waals surface area contributed by atoms with Crippen LogP contribution in [0.4, 0.5) is 0 Å². The molecule has 4 aromatic carbocycles. The minimum absolute atomic E-state index is 0.715. The summed E-state index contributed by atoms with van der Waals surface area (Å²) >= 11 is 0. The van der Waals surface area contributed by atoms with Gasteiger partial charge in [0.2, 0.25) is 0 Å². The van der Waals surface area contributed by atoms with Crippen molar-refractivity contribution in [3.05, 3.63) is 95.1 Å². The molecule has 0 saturated heterocycles. The number of hydrogen-bond acceptors (Lipinski definition) is 6. The molecule has 5 rings (SSSR count). The Hall–Kier alpha value is -4.32. The molecule has 6 nitrogen and oxygen atoms in total. The van der Waals surface area contributed by atoms with Gasteiger partial charge in [-0.05, 0) is 96.5 Å². The van der Waals surface area contributed by atoms with Crippen LogP contribution in [0, 0.1) is 0 Å². The first-order valence-corrected chi connectivity index (χ1v) is 12.6. The van der Waals surface area contributed by atoms with E-state index in [9.17, 15) is 0 Å². The van der Waals surface area contributed by atoms with Crippen LogP contribution in [0.15, 0.2) is 72.8 Å². The summed E-state index contributed by atoms with van der Waals surface area (Å²) in [7, 11) is 6.67. The largest absolute Gasteiger partial charge is 0.497 e. The van der Waals surface area contributed by atoms with E-state index in [0.717, 1.165) is 70.9 Å². The molecule has 1 heterocycles. The van der Waals surface area contributed by atoms with Crippen molar-refractivity contribution < 1.29 is 28.4 Å². The maximum atomic E-state index is 6.33. The lowest BCUT2D eigenvalue weighted by Gasteiger charge is -2.15. The van der Waals surface area contributed by atoms with Gasteiger partial charge < -0.3 is 28.4 Å². The average molecular weight is 513 g/mol. The van der Waals surface area contributed by atoms with E-state index in [4.69, 9.17) is 28.4 Å². The zero-order valence-electron chi connectivity index (χ0n) is 22.2. The second-order valence-corrected chi connectivity index (χ2v) is 9.27. The highest BCUT2D eigenvalue weighted by molar-refractivity contribution is 5.47. The van der Waals surface area contributed by atoms with Gasteiger partial charge >= 0.3 is 0 Å². The fraction of sp³-hybridized carbons (Fsp3) is 0.250. The van der Waals surface area contributed by atoms with E-state index in [-0.39, 0.29) is 0 Å². The van der Waals surface area contributed by atoms with Gasteiger partial charge in [-0.1, -0.05) is 0 Å². The van der Waals surface area contributed by atoms with Crippen molar-refractivity contribution in [2.24, 2.45) is 0 Å². The van der Waals surface area contributed by atoms with Gasteiger partial charge in [-0.3, -0.25) is 0 Å². The van der Waals surface area contributed by atoms with Crippen molar-refractivity contribution in [1.29, 1.82) is 0 Å². The Labute approximate surface area is 223 Å². The third-order valence-electron chi connectivity index (χ3n) is 6.58. The molecule has 38 heavy (non-hydrogen) atoms. The van der Waals surface area contributed by atoms with Crippen LogP contribution >= 0.6 is 0 Å². The van der Waals surface area contributed by atoms with Crippen LogP contribution in [-0.4, -0.2) is 28.4 Å². The first-order valence-electron chi connectivity index (χ1n) is 12.6. The van der Waals surface area contributed by atoms with E-state index >= 15 is 0 Å². The summed E-state index contributed by atoms with van der Waals surface area (Å²) in [6, 6.07) is 24.0. The number of aryl methyl sites for hydroxylation is 4. The minimum atomic E-state index is 0.715. The molecule has 4 aromatic rings. The number of ether oxygens (including phenoxy) is 6. The smallest absolute Gasteiger partial charge is 0.131 e. The topological polar surface area (TPSA) is 55.4 Å². The van der Waals surface area contributed by atoms with Crippen molar-refractivity contribution in [2.75, 3.05) is 28.4 Å². The molecule has 196 valence electrons. The molecule has 0 aromatic heterocycles. The maximum Gasteiger partial charge on any atom is 0.131 e. The standard InChI is InChI=1S/C32H32O6/c1-33-25-9-21-5-6-22-10-27(35-3)19-31(15-22)38-32-16-24(12-28(20-32)36-4)8-7-23-11-26(34-2)18-30(14-23)37-29(13-21)17-25/h9-20H,5-8H2,1-4H3. The van der Waals surface area contributed by atoms with E-state index in [1.807, 2.05) is 48.5 Å². The van der Waals surface area contributed by atoms with Crippen LogP contribution in [0.3, 0.4) is 0 Å². The molecule has 0 atom stereocenters. The summed E-state index contributed by atoms with van der Waals surface area (Å²) in [5, 5.41) is 0. The van der Waals surface area contributed by atoms with Crippen LogP contribution in [0.2, 0.25) is 0 Å². The Morgan fingerprint density at radius 2 is 0.605 bits per heavy atom. The van der Waals surface area contributed by atoms with Crippen LogP contribution < -0.4 is 28.4 Å². The Balaban J connectivity index is 1.59. The molecule has 0 N–H and O–H groups in total. The first-order chi connectivity index (χ1) is 18.5. The van der Waals surface area contributed by atoms with E-state index in [1.165, 1.54) is 0 Å².